The average Bonchev–Trinajstić information content (AvgIpc) is 2.18. The molecule has 0 aromatic heterocycles. The molecule has 0 atom stereocenters. The van der Waals surface area contributed by atoms with Crippen molar-refractivity contribution in [2.75, 3.05) is 0 Å². The maximum atomic E-state index is 3.31. The van der Waals surface area contributed by atoms with E-state index < -0.39 is 0 Å². The van der Waals surface area contributed by atoms with Crippen molar-refractivity contribution in [2.24, 2.45) is 0 Å². The second-order valence-corrected chi connectivity index (χ2v) is 3.40. The molecular formula is C13H19. The zero-order valence-corrected chi connectivity index (χ0v) is 8.34. The first-order valence-corrected chi connectivity index (χ1v) is 5.35. The smallest absolute Gasteiger partial charge is 0.0245 e. The maximum Gasteiger partial charge on any atom is -0.0245 e. The van der Waals surface area contributed by atoms with Crippen molar-refractivity contribution in [2.45, 2.75) is 44.9 Å². The molecule has 1 aliphatic rings. The summed E-state index contributed by atoms with van der Waals surface area (Å²) in [6.45, 7) is 0. The normalized spacial score (nSPS) is 27.7. The molecule has 0 heterocycles. The summed E-state index contributed by atoms with van der Waals surface area (Å²) in [5, 5.41) is 0. The van der Waals surface area contributed by atoms with Gasteiger partial charge in [-0.15, -0.1) is 0 Å². The van der Waals surface area contributed by atoms with E-state index in [2.05, 4.69) is 36.5 Å². The summed E-state index contributed by atoms with van der Waals surface area (Å²) >= 11 is 0. The Kier molecular flexibility index (Phi) is 6.22. The number of hydrogen-bond donors (Lipinski definition) is 0. The lowest BCUT2D eigenvalue weighted by molar-refractivity contribution is 0.859. The Bertz CT molecular complexity index is 164. The van der Waals surface area contributed by atoms with Crippen LogP contribution in [0.2, 0.25) is 0 Å². The molecule has 0 aromatic carbocycles. The molecule has 0 spiro atoms. The molecule has 13 heavy (non-hydrogen) atoms. The van der Waals surface area contributed by atoms with E-state index in [0.29, 0.717) is 0 Å². The minimum atomic E-state index is 1.08. The van der Waals surface area contributed by atoms with Crippen LogP contribution >= 0.6 is 0 Å². The summed E-state index contributed by atoms with van der Waals surface area (Å²) in [4.78, 5) is 0. The lowest BCUT2D eigenvalue weighted by Gasteiger charge is -1.89. The number of allylic oxidation sites excluding steroid dienone is 6. The Morgan fingerprint density at radius 1 is 0.692 bits per heavy atom. The molecule has 0 saturated carbocycles. The van der Waals surface area contributed by atoms with Gasteiger partial charge >= 0.3 is 0 Å². The molecule has 1 rings (SSSR count). The molecule has 0 aliphatic heterocycles. The Hall–Kier alpha value is -0.780. The van der Waals surface area contributed by atoms with Gasteiger partial charge in [-0.3, -0.25) is 0 Å². The van der Waals surface area contributed by atoms with E-state index in [1.165, 1.54) is 25.7 Å². The molecule has 0 nitrogen and oxygen atoms in total. The van der Waals surface area contributed by atoms with Crippen molar-refractivity contribution in [3.8, 4) is 0 Å². The molecule has 71 valence electrons. The average molecular weight is 175 g/mol. The van der Waals surface area contributed by atoms with Crippen LogP contribution in [0.3, 0.4) is 0 Å². The van der Waals surface area contributed by atoms with Gasteiger partial charge in [-0.2, -0.15) is 0 Å². The minimum absolute atomic E-state index is 1.08. The van der Waals surface area contributed by atoms with Crippen LogP contribution < -0.4 is 0 Å². The summed E-state index contributed by atoms with van der Waals surface area (Å²) in [6.07, 6.45) is 23.0. The zero-order chi connectivity index (χ0) is 9.19. The van der Waals surface area contributed by atoms with Crippen LogP contribution in [-0.2, 0) is 0 Å². The van der Waals surface area contributed by atoms with Gasteiger partial charge in [-0.1, -0.05) is 30.4 Å². The largest absolute Gasteiger partial charge is 0.0885 e. The SMILES string of the molecule is [C]1=C/CC/C=C/CCC/C=C\CC/1. The molecule has 0 bridgehead atoms. The van der Waals surface area contributed by atoms with Crippen LogP contribution in [0.1, 0.15) is 44.9 Å². The van der Waals surface area contributed by atoms with Gasteiger partial charge in [0.2, 0.25) is 0 Å². The minimum Gasteiger partial charge on any atom is -0.0885 e. The van der Waals surface area contributed by atoms with Gasteiger partial charge < -0.3 is 0 Å². The fourth-order valence-corrected chi connectivity index (χ4v) is 1.38. The first-order chi connectivity index (χ1) is 6.50. The Balaban J connectivity index is 2.27. The number of rotatable bonds is 0. The van der Waals surface area contributed by atoms with Crippen molar-refractivity contribution < 1.29 is 0 Å². The predicted octanol–water partition coefficient (Wildman–Crippen LogP) is 4.20. The third kappa shape index (κ3) is 6.39. The molecule has 0 amide bonds. The highest BCUT2D eigenvalue weighted by atomic mass is 13.9. The molecule has 1 radical (unpaired) electrons. The standard InChI is InChI=1S/C13H19/c1-2-4-6-8-10-12-13-11-9-7-5-3-1/h1-2,7,10,12H,3-6,8,11,13H2/b2-1+,9-7?,12-10-. The molecule has 0 saturated heterocycles. The highest BCUT2D eigenvalue weighted by Gasteiger charge is 1.84. The van der Waals surface area contributed by atoms with Gasteiger partial charge in [-0.05, 0) is 51.0 Å². The fraction of sp³-hybridized carbons (Fsp3) is 0.538. The van der Waals surface area contributed by atoms with Crippen molar-refractivity contribution in [3.63, 3.8) is 0 Å². The van der Waals surface area contributed by atoms with Crippen molar-refractivity contribution in [1.29, 1.82) is 0 Å². The summed E-state index contributed by atoms with van der Waals surface area (Å²) in [5.41, 5.74) is 0. The predicted molar refractivity (Wildman–Crippen MR) is 58.4 cm³/mol. The summed E-state index contributed by atoms with van der Waals surface area (Å²) < 4.78 is 0. The van der Waals surface area contributed by atoms with Crippen LogP contribution in [-0.4, -0.2) is 0 Å². The van der Waals surface area contributed by atoms with Gasteiger partial charge in [0.15, 0.2) is 0 Å². The van der Waals surface area contributed by atoms with Crippen molar-refractivity contribution >= 4 is 0 Å². The second kappa shape index (κ2) is 7.85. The van der Waals surface area contributed by atoms with Crippen LogP contribution in [0.25, 0.3) is 0 Å². The van der Waals surface area contributed by atoms with Crippen LogP contribution in [0, 0.1) is 6.08 Å². The third-order valence-corrected chi connectivity index (χ3v) is 2.15. The van der Waals surface area contributed by atoms with Crippen LogP contribution in [0.15, 0.2) is 30.4 Å². The molecule has 0 fully saturated rings. The lowest BCUT2D eigenvalue weighted by atomic mass is 10.2. The van der Waals surface area contributed by atoms with Gasteiger partial charge in [0, 0.05) is 0 Å². The molecular weight excluding hydrogens is 156 g/mol. The van der Waals surface area contributed by atoms with Crippen molar-refractivity contribution in [3.05, 3.63) is 36.5 Å². The second-order valence-electron chi connectivity index (χ2n) is 3.40. The first-order valence-electron chi connectivity index (χ1n) is 5.35. The molecule has 0 N–H and O–H groups in total. The summed E-state index contributed by atoms with van der Waals surface area (Å²) in [7, 11) is 0. The molecule has 0 heteroatoms. The van der Waals surface area contributed by atoms with E-state index in [1.54, 1.807) is 0 Å². The zero-order valence-electron chi connectivity index (χ0n) is 8.34. The maximum absolute atomic E-state index is 3.31. The Labute approximate surface area is 82.0 Å². The van der Waals surface area contributed by atoms with Crippen molar-refractivity contribution in [1.82, 2.24) is 0 Å². The van der Waals surface area contributed by atoms with Gasteiger partial charge in [0.25, 0.3) is 0 Å². The number of hydrogen-bond acceptors (Lipinski definition) is 0. The third-order valence-electron chi connectivity index (χ3n) is 2.15. The van der Waals surface area contributed by atoms with Gasteiger partial charge in [0.1, 0.15) is 0 Å². The van der Waals surface area contributed by atoms with E-state index >= 15 is 0 Å². The molecule has 0 unspecified atom stereocenters. The summed E-state index contributed by atoms with van der Waals surface area (Å²) in [5.74, 6) is 0. The van der Waals surface area contributed by atoms with E-state index in [0.717, 1.165) is 19.3 Å². The van der Waals surface area contributed by atoms with Crippen LogP contribution in [0.5, 0.6) is 0 Å². The quantitative estimate of drug-likeness (QED) is 0.484. The van der Waals surface area contributed by atoms with Gasteiger partial charge in [0.05, 0.1) is 0 Å². The lowest BCUT2D eigenvalue weighted by Crippen LogP contribution is -1.69. The monoisotopic (exact) mass is 175 g/mol. The Morgan fingerprint density at radius 3 is 2.23 bits per heavy atom. The van der Waals surface area contributed by atoms with E-state index in [-0.39, 0.29) is 0 Å². The molecule has 1 aliphatic carbocycles. The summed E-state index contributed by atoms with van der Waals surface area (Å²) in [6, 6.07) is 0. The van der Waals surface area contributed by atoms with Gasteiger partial charge in [-0.25, -0.2) is 0 Å². The topological polar surface area (TPSA) is 0 Å². The highest BCUT2D eigenvalue weighted by molar-refractivity contribution is 4.89. The first kappa shape index (κ1) is 10.3. The van der Waals surface area contributed by atoms with Crippen LogP contribution in [0.4, 0.5) is 0 Å². The molecule has 0 aromatic rings. The van der Waals surface area contributed by atoms with E-state index in [1.807, 2.05) is 0 Å². The Morgan fingerprint density at radius 2 is 1.38 bits per heavy atom. The van der Waals surface area contributed by atoms with E-state index in [9.17, 15) is 0 Å². The fourth-order valence-electron chi connectivity index (χ4n) is 1.38. The highest BCUT2D eigenvalue weighted by Crippen LogP contribution is 2.03. The van der Waals surface area contributed by atoms with E-state index in [4.69, 9.17) is 0 Å².